The first-order valence-electron chi connectivity index (χ1n) is 11.4. The van der Waals surface area contributed by atoms with Crippen LogP contribution >= 0.6 is 0 Å². The van der Waals surface area contributed by atoms with Gasteiger partial charge in [0.05, 0.1) is 30.6 Å². The van der Waals surface area contributed by atoms with E-state index < -0.39 is 6.61 Å². The van der Waals surface area contributed by atoms with Gasteiger partial charge in [-0.15, -0.1) is 0 Å². The van der Waals surface area contributed by atoms with E-state index in [1.54, 1.807) is 23.0 Å². The van der Waals surface area contributed by atoms with Gasteiger partial charge in [0.1, 0.15) is 11.4 Å². The third-order valence-electron chi connectivity index (χ3n) is 6.02. The van der Waals surface area contributed by atoms with Crippen LogP contribution in [0.3, 0.4) is 0 Å². The highest BCUT2D eigenvalue weighted by Crippen LogP contribution is 2.38. The molecule has 0 bridgehead atoms. The Morgan fingerprint density at radius 2 is 1.94 bits per heavy atom. The van der Waals surface area contributed by atoms with Crippen molar-refractivity contribution >= 4 is 33.8 Å². The molecule has 1 aliphatic carbocycles. The summed E-state index contributed by atoms with van der Waals surface area (Å²) in [7, 11) is 1.89. The standard InChI is InChI=1S/C25H22F2N6O2/c1-32-12-17-10-16(4-9-20(17)31-32)22-13-33(18-5-7-19(8-6-18)35-24(26)27)23-21(29-22)11-28-25(30-23)34-14-15-2-3-15/h4-12,15,24H,2-3,13-14H2,1H3. The Bertz CT molecular complexity index is 1420. The molecule has 1 aliphatic heterocycles. The van der Waals surface area contributed by atoms with E-state index in [0.29, 0.717) is 36.6 Å². The van der Waals surface area contributed by atoms with Crippen LogP contribution < -0.4 is 14.4 Å². The molecule has 0 radical (unpaired) electrons. The molecule has 178 valence electrons. The third kappa shape index (κ3) is 4.51. The number of aryl methyl sites for hydroxylation is 1. The van der Waals surface area contributed by atoms with Gasteiger partial charge >= 0.3 is 12.6 Å². The highest BCUT2D eigenvalue weighted by molar-refractivity contribution is 6.09. The topological polar surface area (TPSA) is 77.7 Å². The van der Waals surface area contributed by atoms with E-state index in [2.05, 4.69) is 25.9 Å². The Kier molecular flexibility index (Phi) is 5.28. The van der Waals surface area contributed by atoms with Gasteiger partial charge in [0, 0.05) is 24.3 Å². The van der Waals surface area contributed by atoms with Crippen LogP contribution in [0.25, 0.3) is 10.9 Å². The number of hydrogen-bond donors (Lipinski definition) is 0. The second kappa shape index (κ2) is 8.61. The maximum absolute atomic E-state index is 12.6. The van der Waals surface area contributed by atoms with E-state index in [9.17, 15) is 8.78 Å². The van der Waals surface area contributed by atoms with Gasteiger partial charge in [-0.05, 0) is 60.7 Å². The predicted molar refractivity (Wildman–Crippen MR) is 127 cm³/mol. The van der Waals surface area contributed by atoms with Crippen molar-refractivity contribution in [2.75, 3.05) is 18.1 Å². The number of ether oxygens (including phenoxy) is 2. The van der Waals surface area contributed by atoms with E-state index in [1.165, 1.54) is 25.0 Å². The fraction of sp³-hybridized carbons (Fsp3) is 0.280. The number of benzene rings is 2. The quantitative estimate of drug-likeness (QED) is 0.373. The number of rotatable bonds is 7. The molecule has 1 saturated carbocycles. The van der Waals surface area contributed by atoms with Crippen LogP contribution in [0.5, 0.6) is 11.8 Å². The fourth-order valence-corrected chi connectivity index (χ4v) is 4.09. The van der Waals surface area contributed by atoms with Crippen LogP contribution in [0, 0.1) is 5.92 Å². The Morgan fingerprint density at radius 3 is 2.71 bits per heavy atom. The average molecular weight is 476 g/mol. The molecule has 2 aromatic carbocycles. The van der Waals surface area contributed by atoms with E-state index in [1.807, 2.05) is 30.3 Å². The van der Waals surface area contributed by atoms with Crippen LogP contribution in [-0.4, -0.2) is 45.2 Å². The highest BCUT2D eigenvalue weighted by Gasteiger charge is 2.26. The van der Waals surface area contributed by atoms with Gasteiger partial charge in [0.25, 0.3) is 0 Å². The molecule has 2 aliphatic rings. The fourth-order valence-electron chi connectivity index (χ4n) is 4.09. The molecule has 0 N–H and O–H groups in total. The monoisotopic (exact) mass is 476 g/mol. The normalized spacial score (nSPS) is 15.3. The van der Waals surface area contributed by atoms with Gasteiger partial charge in [-0.25, -0.2) is 9.98 Å². The van der Waals surface area contributed by atoms with E-state index >= 15 is 0 Å². The summed E-state index contributed by atoms with van der Waals surface area (Å²) >= 11 is 0. The second-order valence-electron chi connectivity index (χ2n) is 8.71. The number of fused-ring (bicyclic) bond motifs is 2. The minimum absolute atomic E-state index is 0.0908. The molecule has 10 heteroatoms. The summed E-state index contributed by atoms with van der Waals surface area (Å²) in [5.74, 6) is 1.26. The zero-order chi connectivity index (χ0) is 23.9. The molecule has 2 aromatic heterocycles. The Labute approximate surface area is 199 Å². The molecule has 6 rings (SSSR count). The van der Waals surface area contributed by atoms with Crippen molar-refractivity contribution in [2.45, 2.75) is 19.5 Å². The predicted octanol–water partition coefficient (Wildman–Crippen LogP) is 5.03. The molecule has 35 heavy (non-hydrogen) atoms. The van der Waals surface area contributed by atoms with Crippen molar-refractivity contribution in [1.82, 2.24) is 19.7 Å². The van der Waals surface area contributed by atoms with Gasteiger partial charge in [-0.2, -0.15) is 18.9 Å². The molecule has 0 saturated heterocycles. The van der Waals surface area contributed by atoms with Crippen LogP contribution in [0.15, 0.2) is 59.9 Å². The third-order valence-corrected chi connectivity index (χ3v) is 6.02. The highest BCUT2D eigenvalue weighted by atomic mass is 19.3. The maximum Gasteiger partial charge on any atom is 0.387 e. The number of aromatic nitrogens is 4. The van der Waals surface area contributed by atoms with E-state index in [4.69, 9.17) is 9.73 Å². The Morgan fingerprint density at radius 1 is 1.11 bits per heavy atom. The van der Waals surface area contributed by atoms with Crippen molar-refractivity contribution in [3.63, 3.8) is 0 Å². The lowest BCUT2D eigenvalue weighted by Gasteiger charge is -2.29. The molecule has 0 amide bonds. The Balaban J connectivity index is 1.38. The van der Waals surface area contributed by atoms with E-state index in [-0.39, 0.29) is 5.75 Å². The first-order valence-corrected chi connectivity index (χ1v) is 11.4. The molecular weight excluding hydrogens is 454 g/mol. The van der Waals surface area contributed by atoms with Gasteiger partial charge in [0.15, 0.2) is 5.82 Å². The SMILES string of the molecule is Cn1cc2cc(C3=Nc4cnc(OCC5CC5)nc4N(c4ccc(OC(F)F)cc4)C3)ccc2n1. The van der Waals surface area contributed by atoms with Crippen LogP contribution in [-0.2, 0) is 7.05 Å². The molecule has 1 fully saturated rings. The summed E-state index contributed by atoms with van der Waals surface area (Å²) < 4.78 is 37.3. The molecule has 0 atom stereocenters. The van der Waals surface area contributed by atoms with E-state index in [0.717, 1.165) is 27.9 Å². The van der Waals surface area contributed by atoms with Crippen molar-refractivity contribution in [2.24, 2.45) is 18.0 Å². The van der Waals surface area contributed by atoms with Crippen LogP contribution in [0.1, 0.15) is 18.4 Å². The zero-order valence-corrected chi connectivity index (χ0v) is 18.9. The van der Waals surface area contributed by atoms with Crippen LogP contribution in [0.4, 0.5) is 26.0 Å². The molecular formula is C25H22F2N6O2. The summed E-state index contributed by atoms with van der Waals surface area (Å²) in [5, 5.41) is 5.45. The zero-order valence-electron chi connectivity index (χ0n) is 18.9. The molecule has 0 unspecified atom stereocenters. The molecule has 4 aromatic rings. The second-order valence-corrected chi connectivity index (χ2v) is 8.71. The molecule has 8 nitrogen and oxygen atoms in total. The number of alkyl halides is 2. The average Bonchev–Trinajstić information content (AvgIpc) is 3.60. The number of hydrogen-bond acceptors (Lipinski definition) is 7. The van der Waals surface area contributed by atoms with Gasteiger partial charge in [0.2, 0.25) is 0 Å². The van der Waals surface area contributed by atoms with Gasteiger partial charge in [-0.1, -0.05) is 6.07 Å². The van der Waals surface area contributed by atoms with Crippen molar-refractivity contribution in [3.05, 3.63) is 60.4 Å². The first-order chi connectivity index (χ1) is 17.0. The lowest BCUT2D eigenvalue weighted by molar-refractivity contribution is -0.0498. The van der Waals surface area contributed by atoms with Crippen LogP contribution in [0.2, 0.25) is 0 Å². The largest absolute Gasteiger partial charge is 0.463 e. The molecule has 0 spiro atoms. The Hall–Kier alpha value is -4.08. The minimum atomic E-state index is -2.88. The number of anilines is 2. The summed E-state index contributed by atoms with van der Waals surface area (Å²) in [5.41, 5.74) is 4.04. The van der Waals surface area contributed by atoms with Crippen molar-refractivity contribution in [3.8, 4) is 11.8 Å². The number of halogens is 2. The summed E-state index contributed by atoms with van der Waals surface area (Å²) in [6, 6.07) is 12.8. The summed E-state index contributed by atoms with van der Waals surface area (Å²) in [6.07, 6.45) is 5.95. The lowest BCUT2D eigenvalue weighted by Crippen LogP contribution is -2.30. The number of nitrogens with zero attached hydrogens (tertiary/aromatic N) is 6. The smallest absolute Gasteiger partial charge is 0.387 e. The summed E-state index contributed by atoms with van der Waals surface area (Å²) in [4.78, 5) is 15.8. The summed E-state index contributed by atoms with van der Waals surface area (Å²) in [6.45, 7) is -1.86. The maximum atomic E-state index is 12.6. The van der Waals surface area contributed by atoms with Gasteiger partial charge < -0.3 is 14.4 Å². The van der Waals surface area contributed by atoms with Gasteiger partial charge in [-0.3, -0.25) is 4.68 Å². The lowest BCUT2D eigenvalue weighted by atomic mass is 10.1. The first kappa shape index (κ1) is 21.5. The number of aliphatic imine (C=N–C) groups is 1. The minimum Gasteiger partial charge on any atom is -0.463 e. The molecule has 3 heterocycles. The van der Waals surface area contributed by atoms with Crippen molar-refractivity contribution < 1.29 is 18.3 Å². The van der Waals surface area contributed by atoms with Crippen molar-refractivity contribution in [1.29, 1.82) is 0 Å².